The number of rotatable bonds is 9. The van der Waals surface area contributed by atoms with Crippen LogP contribution in [0.15, 0.2) is 30.3 Å². The Bertz CT molecular complexity index is 625. The van der Waals surface area contributed by atoms with E-state index < -0.39 is 29.8 Å². The molecule has 156 valence electrons. The van der Waals surface area contributed by atoms with Gasteiger partial charge in [0.25, 0.3) is 0 Å². The maximum absolute atomic E-state index is 12.9. The van der Waals surface area contributed by atoms with Crippen molar-refractivity contribution >= 4 is 5.97 Å². The Morgan fingerprint density at radius 2 is 1.82 bits per heavy atom. The van der Waals surface area contributed by atoms with E-state index in [1.807, 2.05) is 30.3 Å². The minimum atomic E-state index is -1.36. The number of esters is 1. The number of ether oxygens (including phenoxy) is 6. The number of hydrogen-bond acceptors (Lipinski definition) is 7. The van der Waals surface area contributed by atoms with Crippen LogP contribution in [0.5, 0.6) is 0 Å². The summed E-state index contributed by atoms with van der Waals surface area (Å²) in [5.74, 6) is -1.28. The fourth-order valence-corrected chi connectivity index (χ4v) is 4.03. The first-order valence-corrected chi connectivity index (χ1v) is 9.71. The van der Waals surface area contributed by atoms with E-state index in [1.165, 1.54) is 7.11 Å². The topological polar surface area (TPSA) is 72.5 Å². The number of carbonyl (C=O) groups excluding carboxylic acids is 1. The molecular weight excluding hydrogens is 364 g/mol. The zero-order valence-electron chi connectivity index (χ0n) is 16.8. The standard InChI is InChI=1S/C21H30O7/c1-23-18(24-2)13-17-21(19(22)25-3,28-20(27-17)11-7-8-12-20)15-26-14-16-9-5-4-6-10-16/h4-6,9-10,17-18H,7-8,11-15H2,1-3H3/t17-,21+/m0/s1. The molecule has 3 rings (SSSR count). The summed E-state index contributed by atoms with van der Waals surface area (Å²) >= 11 is 0. The summed E-state index contributed by atoms with van der Waals surface area (Å²) in [7, 11) is 4.47. The van der Waals surface area contributed by atoms with Gasteiger partial charge in [-0.1, -0.05) is 30.3 Å². The van der Waals surface area contributed by atoms with Crippen LogP contribution in [0.25, 0.3) is 0 Å². The van der Waals surface area contributed by atoms with Crippen molar-refractivity contribution in [3.8, 4) is 0 Å². The minimum Gasteiger partial charge on any atom is -0.467 e. The van der Waals surface area contributed by atoms with Crippen molar-refractivity contribution in [2.75, 3.05) is 27.9 Å². The molecule has 1 saturated heterocycles. The van der Waals surface area contributed by atoms with Crippen LogP contribution in [-0.4, -0.2) is 57.7 Å². The molecular formula is C21H30O7. The van der Waals surface area contributed by atoms with Gasteiger partial charge in [0.15, 0.2) is 12.1 Å². The average molecular weight is 394 g/mol. The lowest BCUT2D eigenvalue weighted by atomic mass is 9.94. The van der Waals surface area contributed by atoms with E-state index in [4.69, 9.17) is 28.4 Å². The van der Waals surface area contributed by atoms with E-state index in [0.717, 1.165) is 31.2 Å². The van der Waals surface area contributed by atoms with Crippen LogP contribution in [0.3, 0.4) is 0 Å². The van der Waals surface area contributed by atoms with Gasteiger partial charge in [-0.2, -0.15) is 0 Å². The second-order valence-electron chi connectivity index (χ2n) is 7.32. The van der Waals surface area contributed by atoms with Crippen LogP contribution in [0.1, 0.15) is 37.7 Å². The van der Waals surface area contributed by atoms with Gasteiger partial charge in [-0.3, -0.25) is 0 Å². The van der Waals surface area contributed by atoms with E-state index in [-0.39, 0.29) is 6.61 Å². The molecule has 1 aliphatic heterocycles. The summed E-state index contributed by atoms with van der Waals surface area (Å²) in [6.45, 7) is 0.391. The summed E-state index contributed by atoms with van der Waals surface area (Å²) in [5.41, 5.74) is -0.344. The summed E-state index contributed by atoms with van der Waals surface area (Å²) in [5, 5.41) is 0. The van der Waals surface area contributed by atoms with Crippen LogP contribution in [0.2, 0.25) is 0 Å². The highest BCUT2D eigenvalue weighted by molar-refractivity contribution is 5.81. The molecule has 0 amide bonds. The maximum Gasteiger partial charge on any atom is 0.343 e. The Morgan fingerprint density at radius 3 is 2.43 bits per heavy atom. The molecule has 7 heteroatoms. The molecule has 1 spiro atoms. The molecule has 1 aromatic rings. The summed E-state index contributed by atoms with van der Waals surface area (Å²) in [4.78, 5) is 12.9. The first kappa shape index (κ1) is 21.2. The fraction of sp³-hybridized carbons (Fsp3) is 0.667. The Hall–Kier alpha value is -1.51. The van der Waals surface area contributed by atoms with E-state index in [9.17, 15) is 4.79 Å². The third-order valence-corrected chi connectivity index (χ3v) is 5.50. The zero-order chi connectivity index (χ0) is 20.0. The van der Waals surface area contributed by atoms with Gasteiger partial charge in [0.05, 0.1) is 20.3 Å². The molecule has 0 unspecified atom stereocenters. The smallest absolute Gasteiger partial charge is 0.343 e. The molecule has 0 N–H and O–H groups in total. The summed E-state index contributed by atoms with van der Waals surface area (Å²) in [6.07, 6.45) is 2.68. The lowest BCUT2D eigenvalue weighted by Crippen LogP contribution is -2.53. The van der Waals surface area contributed by atoms with Gasteiger partial charge in [0.1, 0.15) is 6.10 Å². The van der Waals surface area contributed by atoms with Crippen LogP contribution < -0.4 is 0 Å². The average Bonchev–Trinajstić information content (AvgIpc) is 3.31. The van der Waals surface area contributed by atoms with Crippen LogP contribution in [0, 0.1) is 0 Å². The number of methoxy groups -OCH3 is 3. The second-order valence-corrected chi connectivity index (χ2v) is 7.32. The minimum absolute atomic E-state index is 0.0289. The highest BCUT2D eigenvalue weighted by atomic mass is 16.8. The quantitative estimate of drug-likeness (QED) is 0.471. The first-order chi connectivity index (χ1) is 13.6. The highest BCUT2D eigenvalue weighted by Gasteiger charge is 2.63. The maximum atomic E-state index is 12.9. The Morgan fingerprint density at radius 1 is 1.14 bits per heavy atom. The normalized spacial score (nSPS) is 26.2. The molecule has 1 aliphatic carbocycles. The Kier molecular flexibility index (Phi) is 7.06. The fourth-order valence-electron chi connectivity index (χ4n) is 4.03. The van der Waals surface area contributed by atoms with Gasteiger partial charge in [-0.05, 0) is 18.4 Å². The molecule has 1 heterocycles. The second kappa shape index (κ2) is 9.33. The molecule has 2 aliphatic rings. The first-order valence-electron chi connectivity index (χ1n) is 9.71. The summed E-state index contributed by atoms with van der Waals surface area (Å²) in [6, 6.07) is 9.78. The van der Waals surface area contributed by atoms with Gasteiger partial charge >= 0.3 is 5.97 Å². The summed E-state index contributed by atoms with van der Waals surface area (Å²) < 4.78 is 34.4. The molecule has 2 fully saturated rings. The van der Waals surface area contributed by atoms with Gasteiger partial charge in [0, 0.05) is 33.5 Å². The number of benzene rings is 1. The number of hydrogen-bond donors (Lipinski definition) is 0. The van der Waals surface area contributed by atoms with Gasteiger partial charge < -0.3 is 28.4 Å². The molecule has 0 aromatic heterocycles. The SMILES string of the molecule is COC(=O)[C@]1(COCc2ccccc2)OC2(CCCC2)O[C@H]1CC(OC)OC. The molecule has 1 aromatic carbocycles. The van der Waals surface area contributed by atoms with Crippen molar-refractivity contribution < 1.29 is 33.2 Å². The lowest BCUT2D eigenvalue weighted by molar-refractivity contribution is -0.207. The van der Waals surface area contributed by atoms with Crippen LogP contribution in [-0.2, 0) is 39.8 Å². The monoisotopic (exact) mass is 394 g/mol. The highest BCUT2D eigenvalue weighted by Crippen LogP contribution is 2.48. The van der Waals surface area contributed by atoms with Crippen molar-refractivity contribution in [2.45, 2.75) is 62.5 Å². The number of carbonyl (C=O) groups is 1. The zero-order valence-corrected chi connectivity index (χ0v) is 16.8. The van der Waals surface area contributed by atoms with Crippen molar-refractivity contribution in [1.29, 1.82) is 0 Å². The van der Waals surface area contributed by atoms with Crippen LogP contribution in [0.4, 0.5) is 0 Å². The van der Waals surface area contributed by atoms with E-state index in [0.29, 0.717) is 13.0 Å². The van der Waals surface area contributed by atoms with Gasteiger partial charge in [0.2, 0.25) is 5.60 Å². The molecule has 0 bridgehead atoms. The third kappa shape index (κ3) is 4.39. The largest absolute Gasteiger partial charge is 0.467 e. The van der Waals surface area contributed by atoms with Gasteiger partial charge in [-0.25, -0.2) is 4.79 Å². The predicted molar refractivity (Wildman–Crippen MR) is 100 cm³/mol. The van der Waals surface area contributed by atoms with Crippen molar-refractivity contribution in [3.05, 3.63) is 35.9 Å². The molecule has 28 heavy (non-hydrogen) atoms. The van der Waals surface area contributed by atoms with Crippen molar-refractivity contribution in [1.82, 2.24) is 0 Å². The molecule has 2 atom stereocenters. The van der Waals surface area contributed by atoms with E-state index in [1.54, 1.807) is 14.2 Å². The Balaban J connectivity index is 1.81. The molecule has 1 saturated carbocycles. The third-order valence-electron chi connectivity index (χ3n) is 5.50. The van der Waals surface area contributed by atoms with E-state index in [2.05, 4.69) is 0 Å². The van der Waals surface area contributed by atoms with Gasteiger partial charge in [-0.15, -0.1) is 0 Å². The van der Waals surface area contributed by atoms with Crippen molar-refractivity contribution in [2.24, 2.45) is 0 Å². The molecule has 0 radical (unpaired) electrons. The van der Waals surface area contributed by atoms with Crippen LogP contribution >= 0.6 is 0 Å². The van der Waals surface area contributed by atoms with E-state index >= 15 is 0 Å². The predicted octanol–water partition coefficient (Wildman–Crippen LogP) is 2.81. The lowest BCUT2D eigenvalue weighted by Gasteiger charge is -2.31. The van der Waals surface area contributed by atoms with Crippen molar-refractivity contribution in [3.63, 3.8) is 0 Å². The Labute approximate surface area is 166 Å². The molecule has 7 nitrogen and oxygen atoms in total.